The summed E-state index contributed by atoms with van der Waals surface area (Å²) in [6.45, 7) is 0. The van der Waals surface area contributed by atoms with E-state index in [0.717, 1.165) is 11.1 Å². The van der Waals surface area contributed by atoms with Gasteiger partial charge in [-0.3, -0.25) is 4.79 Å². The summed E-state index contributed by atoms with van der Waals surface area (Å²) in [5.41, 5.74) is 3.47. The lowest BCUT2D eigenvalue weighted by atomic mass is 10.1. The molecular weight excluding hydrogens is 399 g/mol. The minimum atomic E-state index is -0.307. The van der Waals surface area contributed by atoms with E-state index in [1.807, 2.05) is 53.9 Å². The van der Waals surface area contributed by atoms with E-state index in [0.29, 0.717) is 27.7 Å². The van der Waals surface area contributed by atoms with Crippen LogP contribution in [0.15, 0.2) is 78.2 Å². The number of nitrogens with one attached hydrogen (secondary N) is 1. The highest BCUT2D eigenvalue weighted by molar-refractivity contribution is 7.13. The molecule has 1 aromatic heterocycles. The maximum atomic E-state index is 14.1. The number of anilines is 1. The molecular formula is C24H19FN2O2S. The molecule has 0 aliphatic carbocycles. The second-order valence-corrected chi connectivity index (χ2v) is 7.50. The SMILES string of the molecule is COc1cccc(CC(=O)Nc2ccccc2-c2csc(-c3ccccc3F)n2)c1. The normalized spacial score (nSPS) is 10.6. The summed E-state index contributed by atoms with van der Waals surface area (Å²) in [5, 5.41) is 5.43. The molecule has 4 rings (SSSR count). The summed E-state index contributed by atoms with van der Waals surface area (Å²) >= 11 is 1.37. The number of carbonyl (C=O) groups is 1. The zero-order chi connectivity index (χ0) is 20.9. The number of benzene rings is 3. The smallest absolute Gasteiger partial charge is 0.228 e. The lowest BCUT2D eigenvalue weighted by Crippen LogP contribution is -2.15. The van der Waals surface area contributed by atoms with Gasteiger partial charge < -0.3 is 10.1 Å². The minimum Gasteiger partial charge on any atom is -0.497 e. The minimum absolute atomic E-state index is 0.139. The van der Waals surface area contributed by atoms with Crippen molar-refractivity contribution in [3.63, 3.8) is 0 Å². The van der Waals surface area contributed by atoms with Crippen molar-refractivity contribution in [1.29, 1.82) is 0 Å². The Morgan fingerprint density at radius 2 is 1.80 bits per heavy atom. The van der Waals surface area contributed by atoms with Crippen molar-refractivity contribution in [3.8, 4) is 27.6 Å². The standard InChI is InChI=1S/C24H19FN2O2S/c1-29-17-8-6-7-16(13-17)14-23(28)26-21-12-5-3-10-19(21)22-15-30-24(27-22)18-9-2-4-11-20(18)25/h2-13,15H,14H2,1H3,(H,26,28). The number of amides is 1. The number of hydrogen-bond donors (Lipinski definition) is 1. The summed E-state index contributed by atoms with van der Waals surface area (Å²) in [7, 11) is 1.60. The number of para-hydroxylation sites is 1. The summed E-state index contributed by atoms with van der Waals surface area (Å²) in [4.78, 5) is 17.2. The molecule has 1 amide bonds. The molecule has 150 valence electrons. The summed E-state index contributed by atoms with van der Waals surface area (Å²) in [6, 6.07) is 21.4. The van der Waals surface area contributed by atoms with Gasteiger partial charge in [-0.1, -0.05) is 42.5 Å². The average molecular weight is 418 g/mol. The predicted octanol–water partition coefficient (Wildman–Crippen LogP) is 5.81. The van der Waals surface area contributed by atoms with Gasteiger partial charge in [0, 0.05) is 16.5 Å². The largest absolute Gasteiger partial charge is 0.497 e. The molecule has 0 atom stereocenters. The number of halogens is 1. The zero-order valence-corrected chi connectivity index (χ0v) is 17.1. The van der Waals surface area contributed by atoms with Gasteiger partial charge in [0.2, 0.25) is 5.91 Å². The van der Waals surface area contributed by atoms with Gasteiger partial charge in [-0.2, -0.15) is 0 Å². The molecule has 0 aliphatic heterocycles. The van der Waals surface area contributed by atoms with Crippen LogP contribution in [0.25, 0.3) is 21.8 Å². The first-order valence-corrected chi connectivity index (χ1v) is 10.2. The summed E-state index contributed by atoms with van der Waals surface area (Å²) in [5.74, 6) is 0.266. The molecule has 0 bridgehead atoms. The van der Waals surface area contributed by atoms with Crippen LogP contribution in [0.5, 0.6) is 5.75 Å². The molecule has 4 nitrogen and oxygen atoms in total. The van der Waals surface area contributed by atoms with Crippen molar-refractivity contribution in [2.45, 2.75) is 6.42 Å². The summed E-state index contributed by atoms with van der Waals surface area (Å²) < 4.78 is 19.3. The van der Waals surface area contributed by atoms with Gasteiger partial charge in [-0.05, 0) is 35.9 Å². The number of methoxy groups -OCH3 is 1. The Labute approximate surface area is 178 Å². The number of thiazole rings is 1. The monoisotopic (exact) mass is 418 g/mol. The van der Waals surface area contributed by atoms with Gasteiger partial charge in [0.25, 0.3) is 0 Å². The van der Waals surface area contributed by atoms with E-state index < -0.39 is 0 Å². The van der Waals surface area contributed by atoms with Crippen LogP contribution in [0.4, 0.5) is 10.1 Å². The van der Waals surface area contributed by atoms with Gasteiger partial charge in [-0.25, -0.2) is 9.37 Å². The van der Waals surface area contributed by atoms with Gasteiger partial charge in [0.1, 0.15) is 16.6 Å². The molecule has 4 aromatic rings. The second-order valence-electron chi connectivity index (χ2n) is 6.64. The van der Waals surface area contributed by atoms with Crippen molar-refractivity contribution in [1.82, 2.24) is 4.98 Å². The van der Waals surface area contributed by atoms with Crippen LogP contribution in [0.1, 0.15) is 5.56 Å². The molecule has 1 heterocycles. The molecule has 1 N–H and O–H groups in total. The van der Waals surface area contributed by atoms with E-state index in [1.54, 1.807) is 25.3 Å². The highest BCUT2D eigenvalue weighted by Gasteiger charge is 2.14. The Morgan fingerprint density at radius 3 is 2.60 bits per heavy atom. The average Bonchev–Trinajstić information content (AvgIpc) is 3.24. The number of carbonyl (C=O) groups excluding carboxylic acids is 1. The molecule has 30 heavy (non-hydrogen) atoms. The molecule has 0 spiro atoms. The van der Waals surface area contributed by atoms with E-state index in [4.69, 9.17) is 4.74 Å². The van der Waals surface area contributed by atoms with E-state index in [2.05, 4.69) is 10.3 Å². The number of rotatable bonds is 6. The maximum Gasteiger partial charge on any atom is 0.228 e. The molecule has 0 radical (unpaired) electrons. The molecule has 3 aromatic carbocycles. The van der Waals surface area contributed by atoms with Crippen LogP contribution in [0.2, 0.25) is 0 Å². The van der Waals surface area contributed by atoms with Crippen LogP contribution in [0, 0.1) is 5.82 Å². The summed E-state index contributed by atoms with van der Waals surface area (Å²) in [6.07, 6.45) is 0.225. The van der Waals surface area contributed by atoms with Crippen molar-refractivity contribution >= 4 is 22.9 Å². The zero-order valence-electron chi connectivity index (χ0n) is 16.3. The Morgan fingerprint density at radius 1 is 1.03 bits per heavy atom. The Hall–Kier alpha value is -3.51. The van der Waals surface area contributed by atoms with Gasteiger partial charge in [0.15, 0.2) is 0 Å². The van der Waals surface area contributed by atoms with Gasteiger partial charge >= 0.3 is 0 Å². The van der Waals surface area contributed by atoms with Crippen molar-refractivity contribution in [3.05, 3.63) is 89.6 Å². The van der Waals surface area contributed by atoms with Crippen LogP contribution < -0.4 is 10.1 Å². The number of hydrogen-bond acceptors (Lipinski definition) is 4. The number of nitrogens with zero attached hydrogens (tertiary/aromatic N) is 1. The first-order chi connectivity index (χ1) is 14.6. The highest BCUT2D eigenvalue weighted by Crippen LogP contribution is 2.33. The third-order valence-corrected chi connectivity index (χ3v) is 5.46. The number of aromatic nitrogens is 1. The third-order valence-electron chi connectivity index (χ3n) is 4.58. The van der Waals surface area contributed by atoms with Crippen LogP contribution >= 0.6 is 11.3 Å². The predicted molar refractivity (Wildman–Crippen MR) is 118 cm³/mol. The molecule has 0 aliphatic rings. The Balaban J connectivity index is 1.56. The van der Waals surface area contributed by atoms with E-state index >= 15 is 0 Å². The van der Waals surface area contributed by atoms with Crippen molar-refractivity contribution < 1.29 is 13.9 Å². The molecule has 6 heteroatoms. The van der Waals surface area contributed by atoms with Crippen LogP contribution in [-0.4, -0.2) is 18.0 Å². The van der Waals surface area contributed by atoms with E-state index in [-0.39, 0.29) is 18.1 Å². The van der Waals surface area contributed by atoms with Gasteiger partial charge in [0.05, 0.1) is 24.9 Å². The fourth-order valence-electron chi connectivity index (χ4n) is 3.13. The van der Waals surface area contributed by atoms with Gasteiger partial charge in [-0.15, -0.1) is 11.3 Å². The van der Waals surface area contributed by atoms with Crippen molar-refractivity contribution in [2.24, 2.45) is 0 Å². The first-order valence-electron chi connectivity index (χ1n) is 9.36. The van der Waals surface area contributed by atoms with Crippen molar-refractivity contribution in [2.75, 3.05) is 12.4 Å². The highest BCUT2D eigenvalue weighted by atomic mass is 32.1. The maximum absolute atomic E-state index is 14.1. The molecule has 0 saturated carbocycles. The Kier molecular flexibility index (Phi) is 5.86. The fraction of sp³-hybridized carbons (Fsp3) is 0.0833. The van der Waals surface area contributed by atoms with E-state index in [1.165, 1.54) is 17.4 Å². The molecule has 0 unspecified atom stereocenters. The van der Waals surface area contributed by atoms with Crippen LogP contribution in [0.3, 0.4) is 0 Å². The third kappa shape index (κ3) is 4.39. The molecule has 0 fully saturated rings. The lowest BCUT2D eigenvalue weighted by molar-refractivity contribution is -0.115. The lowest BCUT2D eigenvalue weighted by Gasteiger charge is -2.10. The quantitative estimate of drug-likeness (QED) is 0.430. The number of ether oxygens (including phenoxy) is 1. The Bertz CT molecular complexity index is 1190. The fourth-order valence-corrected chi connectivity index (χ4v) is 3.98. The van der Waals surface area contributed by atoms with Crippen LogP contribution in [-0.2, 0) is 11.2 Å². The topological polar surface area (TPSA) is 51.2 Å². The van der Waals surface area contributed by atoms with E-state index in [9.17, 15) is 9.18 Å². The first kappa shape index (κ1) is 19.8. The second kappa shape index (κ2) is 8.88. The molecule has 0 saturated heterocycles.